The van der Waals surface area contributed by atoms with E-state index >= 15 is 0 Å². The molecule has 2 rings (SSSR count). The lowest BCUT2D eigenvalue weighted by Gasteiger charge is -2.34. The minimum absolute atomic E-state index is 0.110. The molecule has 0 atom stereocenters. The summed E-state index contributed by atoms with van der Waals surface area (Å²) in [5, 5.41) is 3.42. The highest BCUT2D eigenvalue weighted by atomic mass is 79.9. The summed E-state index contributed by atoms with van der Waals surface area (Å²) in [5.41, 5.74) is 0.753. The van der Waals surface area contributed by atoms with Gasteiger partial charge in [-0.2, -0.15) is 0 Å². The van der Waals surface area contributed by atoms with Crippen LogP contribution >= 0.6 is 15.9 Å². The van der Waals surface area contributed by atoms with Crippen LogP contribution in [0.4, 0.5) is 0 Å². The third-order valence-corrected chi connectivity index (χ3v) is 6.01. The second kappa shape index (κ2) is 13.1. The van der Waals surface area contributed by atoms with E-state index in [1.165, 1.54) is 12.8 Å². The molecule has 4 nitrogen and oxygen atoms in total. The molecule has 1 aliphatic carbocycles. The quantitative estimate of drug-likeness (QED) is 0.352. The van der Waals surface area contributed by atoms with Crippen molar-refractivity contribution >= 4 is 21.8 Å². The Bertz CT molecular complexity index is 583. The fourth-order valence-corrected chi connectivity index (χ4v) is 3.93. The van der Waals surface area contributed by atoms with Crippen molar-refractivity contribution in [1.29, 1.82) is 0 Å². The number of hydrogen-bond donors (Lipinski definition) is 1. The van der Waals surface area contributed by atoms with E-state index in [1.807, 2.05) is 42.3 Å². The van der Waals surface area contributed by atoms with Gasteiger partial charge < -0.3 is 15.0 Å². The molecule has 0 aromatic heterocycles. The maximum atomic E-state index is 12.7. The van der Waals surface area contributed by atoms with E-state index in [0.717, 1.165) is 68.3 Å². The van der Waals surface area contributed by atoms with Crippen LogP contribution in [0.15, 0.2) is 41.4 Å². The predicted molar refractivity (Wildman–Crippen MR) is 120 cm³/mol. The Morgan fingerprint density at radius 3 is 2.57 bits per heavy atom. The normalized spacial score (nSPS) is 19.4. The molecule has 0 spiro atoms. The fourth-order valence-electron chi connectivity index (χ4n) is 3.67. The minimum atomic E-state index is 0.110. The van der Waals surface area contributed by atoms with Crippen molar-refractivity contribution in [2.75, 3.05) is 26.7 Å². The molecule has 1 saturated carbocycles. The Balaban J connectivity index is 1.57. The fraction of sp³-hybridized carbons (Fsp3) is 0.609. The van der Waals surface area contributed by atoms with Crippen LogP contribution in [0.2, 0.25) is 0 Å². The number of nitrogens with one attached hydrogen (secondary N) is 1. The molecule has 0 bridgehead atoms. The van der Waals surface area contributed by atoms with Gasteiger partial charge in [0.25, 0.3) is 5.91 Å². The lowest BCUT2D eigenvalue weighted by Crippen LogP contribution is -2.40. The second-order valence-electron chi connectivity index (χ2n) is 7.61. The number of hydrogen-bond acceptors (Lipinski definition) is 3. The van der Waals surface area contributed by atoms with Crippen molar-refractivity contribution in [2.45, 2.75) is 63.5 Å². The number of amides is 1. The first-order valence-corrected chi connectivity index (χ1v) is 11.4. The topological polar surface area (TPSA) is 41.6 Å². The van der Waals surface area contributed by atoms with Crippen LogP contribution in [0.25, 0.3) is 0 Å². The van der Waals surface area contributed by atoms with Gasteiger partial charge in [-0.05, 0) is 88.7 Å². The van der Waals surface area contributed by atoms with Gasteiger partial charge in [-0.15, -0.1) is 6.58 Å². The van der Waals surface area contributed by atoms with Gasteiger partial charge in [-0.1, -0.05) is 22.0 Å². The Hall–Kier alpha value is -1.17. The second-order valence-corrected chi connectivity index (χ2v) is 8.53. The number of nitrogens with zero attached hydrogens (tertiary/aromatic N) is 1. The monoisotopic (exact) mass is 450 g/mol. The predicted octanol–water partition coefficient (Wildman–Crippen LogP) is 5.18. The van der Waals surface area contributed by atoms with Crippen LogP contribution in [0, 0.1) is 0 Å². The van der Waals surface area contributed by atoms with Gasteiger partial charge in [0.2, 0.25) is 0 Å². The van der Waals surface area contributed by atoms with E-state index in [2.05, 4.69) is 27.8 Å². The Kier molecular flexibility index (Phi) is 10.8. The molecule has 1 N–H and O–H groups in total. The minimum Gasteiger partial charge on any atom is -0.378 e. The number of carbonyl (C=O) groups excluding carboxylic acids is 1. The number of halogens is 1. The lowest BCUT2D eigenvalue weighted by atomic mass is 9.91. The van der Waals surface area contributed by atoms with E-state index in [0.29, 0.717) is 12.1 Å². The number of benzene rings is 1. The van der Waals surface area contributed by atoms with Gasteiger partial charge in [-0.25, -0.2) is 0 Å². The van der Waals surface area contributed by atoms with E-state index in [1.54, 1.807) is 0 Å². The molecule has 1 aromatic rings. The van der Waals surface area contributed by atoms with E-state index in [-0.39, 0.29) is 5.91 Å². The summed E-state index contributed by atoms with van der Waals surface area (Å²) in [6, 6.07) is 7.92. The highest BCUT2D eigenvalue weighted by Gasteiger charge is 2.27. The first-order chi connectivity index (χ1) is 13.6. The molecule has 0 radical (unpaired) electrons. The first-order valence-electron chi connectivity index (χ1n) is 10.6. The Morgan fingerprint density at radius 1 is 1.18 bits per heavy atom. The third-order valence-electron chi connectivity index (χ3n) is 5.48. The van der Waals surface area contributed by atoms with Crippen LogP contribution in [0.3, 0.4) is 0 Å². The summed E-state index contributed by atoms with van der Waals surface area (Å²) < 4.78 is 7.07. The molecule has 0 unspecified atom stereocenters. The molecule has 0 saturated heterocycles. The summed E-state index contributed by atoms with van der Waals surface area (Å²) in [6.07, 6.45) is 11.0. The number of unbranched alkanes of at least 4 members (excludes halogenated alkanes) is 2. The van der Waals surface area contributed by atoms with Gasteiger partial charge in [0, 0.05) is 29.7 Å². The molecule has 5 heteroatoms. The van der Waals surface area contributed by atoms with Crippen molar-refractivity contribution in [3.63, 3.8) is 0 Å². The number of rotatable bonds is 12. The molecular formula is C23H35BrN2O2. The van der Waals surface area contributed by atoms with E-state index < -0.39 is 0 Å². The number of carbonyl (C=O) groups is 1. The molecule has 0 aliphatic heterocycles. The van der Waals surface area contributed by atoms with Crippen molar-refractivity contribution in [2.24, 2.45) is 0 Å². The lowest BCUT2D eigenvalue weighted by molar-refractivity contribution is 0.00915. The molecule has 0 heterocycles. The van der Waals surface area contributed by atoms with Gasteiger partial charge in [0.05, 0.1) is 6.10 Å². The van der Waals surface area contributed by atoms with Gasteiger partial charge in [0.15, 0.2) is 0 Å². The summed E-state index contributed by atoms with van der Waals surface area (Å²) >= 11 is 3.42. The molecule has 1 fully saturated rings. The van der Waals surface area contributed by atoms with Crippen molar-refractivity contribution in [3.8, 4) is 0 Å². The first kappa shape index (κ1) is 23.1. The standard InChI is InChI=1S/C23H35BrN2O2/c1-3-4-16-25-17-6-5-7-18-28-22-14-12-21(13-15-22)26(2)23(27)19-8-10-20(24)11-9-19/h3,8-11,21-22,25H,1,4-7,12-18H2,2H3. The highest BCUT2D eigenvalue weighted by molar-refractivity contribution is 9.10. The smallest absolute Gasteiger partial charge is 0.253 e. The largest absolute Gasteiger partial charge is 0.378 e. The van der Waals surface area contributed by atoms with Crippen molar-refractivity contribution in [1.82, 2.24) is 10.2 Å². The van der Waals surface area contributed by atoms with Crippen LogP contribution in [0.1, 0.15) is 61.7 Å². The summed E-state index contributed by atoms with van der Waals surface area (Å²) in [4.78, 5) is 14.6. The maximum Gasteiger partial charge on any atom is 0.253 e. The molecule has 1 aliphatic rings. The molecule has 28 heavy (non-hydrogen) atoms. The highest BCUT2D eigenvalue weighted by Crippen LogP contribution is 2.26. The van der Waals surface area contributed by atoms with Gasteiger partial charge in [0.1, 0.15) is 0 Å². The SMILES string of the molecule is C=CCCNCCCCCOC1CCC(N(C)C(=O)c2ccc(Br)cc2)CC1. The van der Waals surface area contributed by atoms with Gasteiger partial charge in [-0.3, -0.25) is 4.79 Å². The van der Waals surface area contributed by atoms with E-state index in [4.69, 9.17) is 4.74 Å². The van der Waals surface area contributed by atoms with Crippen LogP contribution in [0.5, 0.6) is 0 Å². The zero-order valence-electron chi connectivity index (χ0n) is 17.2. The summed E-state index contributed by atoms with van der Waals surface area (Å²) in [6.45, 7) is 6.69. The summed E-state index contributed by atoms with van der Waals surface area (Å²) in [5.74, 6) is 0.110. The van der Waals surface area contributed by atoms with Crippen molar-refractivity contribution < 1.29 is 9.53 Å². The average molecular weight is 451 g/mol. The third kappa shape index (κ3) is 8.06. The Morgan fingerprint density at radius 2 is 1.89 bits per heavy atom. The summed E-state index contributed by atoms with van der Waals surface area (Å²) in [7, 11) is 1.93. The number of ether oxygens (including phenoxy) is 1. The average Bonchev–Trinajstić information content (AvgIpc) is 2.72. The maximum absolute atomic E-state index is 12.7. The zero-order valence-corrected chi connectivity index (χ0v) is 18.8. The molecular weight excluding hydrogens is 416 g/mol. The van der Waals surface area contributed by atoms with Crippen LogP contribution < -0.4 is 5.32 Å². The molecule has 1 amide bonds. The van der Waals surface area contributed by atoms with Crippen molar-refractivity contribution in [3.05, 3.63) is 47.0 Å². The van der Waals surface area contributed by atoms with Crippen LogP contribution in [-0.4, -0.2) is 49.7 Å². The molecule has 156 valence electrons. The zero-order chi connectivity index (χ0) is 20.2. The molecule has 1 aromatic carbocycles. The van der Waals surface area contributed by atoms with E-state index in [9.17, 15) is 4.79 Å². The van der Waals surface area contributed by atoms with Gasteiger partial charge >= 0.3 is 0 Å². The Labute approximate surface area is 178 Å². The van der Waals surface area contributed by atoms with Crippen LogP contribution in [-0.2, 0) is 4.74 Å².